The molecule has 0 aromatic carbocycles. The van der Waals surface area contributed by atoms with E-state index in [9.17, 15) is 8.42 Å². The predicted molar refractivity (Wildman–Crippen MR) is 41.4 cm³/mol. The van der Waals surface area contributed by atoms with Gasteiger partial charge in [-0.05, 0) is 12.1 Å². The molecule has 0 bridgehead atoms. The van der Waals surface area contributed by atoms with E-state index in [0.717, 1.165) is 0 Å². The number of pyridine rings is 1. The standard InChI is InChI=1S/C5H5NO3S2/c7-11(8,9)5-3-1-2-4(10)6-5/h1-3H,(H,6,10)(H,7,8,9). The normalized spacial score (nSPS) is 11.4. The van der Waals surface area contributed by atoms with Gasteiger partial charge in [-0.15, -0.1) is 0 Å². The molecule has 1 heterocycles. The second-order valence-corrected chi connectivity index (χ2v) is 3.68. The highest BCUT2D eigenvalue weighted by atomic mass is 32.2. The van der Waals surface area contributed by atoms with Crippen LogP contribution >= 0.6 is 12.2 Å². The van der Waals surface area contributed by atoms with Crippen LogP contribution in [0, 0.1) is 4.64 Å². The predicted octanol–water partition coefficient (Wildman–Crippen LogP) is 0.991. The van der Waals surface area contributed by atoms with Crippen LogP contribution in [-0.4, -0.2) is 18.0 Å². The molecule has 0 aliphatic heterocycles. The van der Waals surface area contributed by atoms with Gasteiger partial charge < -0.3 is 4.98 Å². The quantitative estimate of drug-likeness (QED) is 0.513. The first-order valence-electron chi connectivity index (χ1n) is 2.67. The lowest BCUT2D eigenvalue weighted by Gasteiger charge is -1.94. The van der Waals surface area contributed by atoms with Crippen molar-refractivity contribution in [3.63, 3.8) is 0 Å². The molecular weight excluding hydrogens is 186 g/mol. The molecule has 0 amide bonds. The molecule has 1 aromatic heterocycles. The molecular formula is C5H5NO3S2. The number of hydrogen-bond donors (Lipinski definition) is 2. The third-order valence-electron chi connectivity index (χ3n) is 1.02. The molecule has 0 saturated heterocycles. The van der Waals surface area contributed by atoms with Crippen LogP contribution in [0.15, 0.2) is 23.2 Å². The molecule has 1 rings (SSSR count). The average Bonchev–Trinajstić information content (AvgIpc) is 1.86. The van der Waals surface area contributed by atoms with Gasteiger partial charge in [-0.3, -0.25) is 4.55 Å². The minimum Gasteiger partial charge on any atom is -0.335 e. The molecule has 0 atom stereocenters. The van der Waals surface area contributed by atoms with Crippen LogP contribution in [0.1, 0.15) is 0 Å². The van der Waals surface area contributed by atoms with Crippen molar-refractivity contribution in [3.8, 4) is 0 Å². The van der Waals surface area contributed by atoms with Crippen LogP contribution in [0.5, 0.6) is 0 Å². The fraction of sp³-hybridized carbons (Fsp3) is 0. The molecule has 1 aromatic rings. The maximum Gasteiger partial charge on any atom is 0.310 e. The van der Waals surface area contributed by atoms with Crippen LogP contribution in [-0.2, 0) is 10.1 Å². The zero-order valence-electron chi connectivity index (χ0n) is 5.31. The highest BCUT2D eigenvalue weighted by Gasteiger charge is 2.07. The molecule has 0 spiro atoms. The van der Waals surface area contributed by atoms with E-state index in [4.69, 9.17) is 4.55 Å². The van der Waals surface area contributed by atoms with Crippen molar-refractivity contribution in [2.24, 2.45) is 0 Å². The first kappa shape index (κ1) is 8.38. The monoisotopic (exact) mass is 191 g/mol. The molecule has 0 unspecified atom stereocenters. The lowest BCUT2D eigenvalue weighted by molar-refractivity contribution is 0.479. The zero-order chi connectivity index (χ0) is 8.48. The summed E-state index contributed by atoms with van der Waals surface area (Å²) in [6.45, 7) is 0. The summed E-state index contributed by atoms with van der Waals surface area (Å²) in [6, 6.07) is 4.19. The van der Waals surface area contributed by atoms with Crippen molar-refractivity contribution in [2.75, 3.05) is 0 Å². The Bertz CT molecular complexity index is 406. The lowest BCUT2D eigenvalue weighted by atomic mass is 10.5. The Morgan fingerprint density at radius 2 is 2.09 bits per heavy atom. The zero-order valence-corrected chi connectivity index (χ0v) is 6.95. The molecule has 2 N–H and O–H groups in total. The molecule has 0 fully saturated rings. The first-order valence-corrected chi connectivity index (χ1v) is 4.52. The Morgan fingerprint density at radius 1 is 1.45 bits per heavy atom. The number of aromatic nitrogens is 1. The van der Waals surface area contributed by atoms with E-state index in [0.29, 0.717) is 0 Å². The number of H-pyrrole nitrogens is 1. The van der Waals surface area contributed by atoms with Crippen molar-refractivity contribution in [2.45, 2.75) is 5.03 Å². The van der Waals surface area contributed by atoms with E-state index in [1.807, 2.05) is 0 Å². The van der Waals surface area contributed by atoms with Crippen LogP contribution in [0.3, 0.4) is 0 Å². The van der Waals surface area contributed by atoms with Crippen molar-refractivity contribution in [3.05, 3.63) is 22.8 Å². The summed E-state index contributed by atoms with van der Waals surface area (Å²) in [5, 5.41) is -0.287. The highest BCUT2D eigenvalue weighted by molar-refractivity contribution is 7.85. The van der Waals surface area contributed by atoms with E-state index >= 15 is 0 Å². The molecule has 0 aliphatic carbocycles. The number of nitrogens with one attached hydrogen (secondary N) is 1. The van der Waals surface area contributed by atoms with Gasteiger partial charge in [0, 0.05) is 0 Å². The molecule has 0 radical (unpaired) electrons. The van der Waals surface area contributed by atoms with Gasteiger partial charge in [0.05, 0.1) is 0 Å². The van der Waals surface area contributed by atoms with Crippen LogP contribution in [0.4, 0.5) is 0 Å². The van der Waals surface area contributed by atoms with Crippen LogP contribution < -0.4 is 0 Å². The number of rotatable bonds is 1. The summed E-state index contributed by atoms with van der Waals surface area (Å²) in [5.41, 5.74) is 0. The summed E-state index contributed by atoms with van der Waals surface area (Å²) in [4.78, 5) is 2.32. The Balaban J connectivity index is 3.40. The third kappa shape index (κ3) is 2.11. The van der Waals surface area contributed by atoms with Gasteiger partial charge in [0.1, 0.15) is 4.64 Å². The average molecular weight is 191 g/mol. The Labute approximate surface area is 68.6 Å². The maximum absolute atomic E-state index is 10.5. The lowest BCUT2D eigenvalue weighted by Crippen LogP contribution is -2.00. The minimum absolute atomic E-state index is 0.264. The Hall–Kier alpha value is -0.720. The summed E-state index contributed by atoms with van der Waals surface area (Å²) >= 11 is 4.64. The highest BCUT2D eigenvalue weighted by Crippen LogP contribution is 2.02. The first-order chi connectivity index (χ1) is 5.00. The largest absolute Gasteiger partial charge is 0.335 e. The van der Waals surface area contributed by atoms with E-state index in [1.54, 1.807) is 0 Å². The SMILES string of the molecule is O=S(=O)(O)c1cccc(=S)[nH]1. The van der Waals surface area contributed by atoms with Crippen molar-refractivity contribution in [1.82, 2.24) is 4.98 Å². The smallest absolute Gasteiger partial charge is 0.310 e. The Kier molecular flexibility index (Phi) is 2.08. The van der Waals surface area contributed by atoms with Gasteiger partial charge in [-0.2, -0.15) is 8.42 Å². The van der Waals surface area contributed by atoms with Crippen molar-refractivity contribution < 1.29 is 13.0 Å². The molecule has 0 aliphatic rings. The molecule has 11 heavy (non-hydrogen) atoms. The van der Waals surface area contributed by atoms with Gasteiger partial charge in [0.25, 0.3) is 0 Å². The Morgan fingerprint density at radius 3 is 2.45 bits per heavy atom. The summed E-state index contributed by atoms with van der Waals surface area (Å²) in [5.74, 6) is 0. The summed E-state index contributed by atoms with van der Waals surface area (Å²) in [6.07, 6.45) is 0. The van der Waals surface area contributed by atoms with Gasteiger partial charge in [0.2, 0.25) is 0 Å². The third-order valence-corrected chi connectivity index (χ3v) is 2.05. The van der Waals surface area contributed by atoms with Crippen molar-refractivity contribution >= 4 is 22.3 Å². The fourth-order valence-electron chi connectivity index (χ4n) is 0.578. The fourth-order valence-corrected chi connectivity index (χ4v) is 1.32. The van der Waals surface area contributed by atoms with E-state index < -0.39 is 10.1 Å². The number of hydrogen-bond acceptors (Lipinski definition) is 3. The maximum atomic E-state index is 10.5. The summed E-state index contributed by atoms with van der Waals surface area (Å²) < 4.78 is 29.7. The summed E-state index contributed by atoms with van der Waals surface area (Å²) in [7, 11) is -4.15. The van der Waals surface area contributed by atoms with Gasteiger partial charge in [-0.1, -0.05) is 18.3 Å². The van der Waals surface area contributed by atoms with Crippen molar-refractivity contribution in [1.29, 1.82) is 0 Å². The van der Waals surface area contributed by atoms with E-state index in [1.165, 1.54) is 18.2 Å². The molecule has 60 valence electrons. The molecule has 4 nitrogen and oxygen atoms in total. The second kappa shape index (κ2) is 2.72. The van der Waals surface area contributed by atoms with Crippen LogP contribution in [0.2, 0.25) is 0 Å². The van der Waals surface area contributed by atoms with Gasteiger partial charge in [0.15, 0.2) is 5.03 Å². The second-order valence-electron chi connectivity index (χ2n) is 1.85. The molecule has 6 heteroatoms. The van der Waals surface area contributed by atoms with E-state index in [2.05, 4.69) is 17.2 Å². The number of aromatic amines is 1. The van der Waals surface area contributed by atoms with Gasteiger partial charge >= 0.3 is 10.1 Å². The minimum atomic E-state index is -4.15. The molecule has 0 saturated carbocycles. The van der Waals surface area contributed by atoms with Gasteiger partial charge in [-0.25, -0.2) is 0 Å². The van der Waals surface area contributed by atoms with Crippen LogP contribution in [0.25, 0.3) is 0 Å². The topological polar surface area (TPSA) is 70.2 Å². The van der Waals surface area contributed by atoms with E-state index in [-0.39, 0.29) is 9.67 Å².